The summed E-state index contributed by atoms with van der Waals surface area (Å²) in [4.78, 5) is 23.4. The van der Waals surface area contributed by atoms with Gasteiger partial charge in [0.1, 0.15) is 6.10 Å². The monoisotopic (exact) mass is 316 g/mol. The van der Waals surface area contributed by atoms with Gasteiger partial charge in [-0.05, 0) is 6.42 Å². The molecule has 6 heteroatoms. The number of hydrogen-bond donors (Lipinski definition) is 3. The highest BCUT2D eigenvalue weighted by Gasteiger charge is 2.33. The predicted octanol–water partition coefficient (Wildman–Crippen LogP) is 1.22. The zero-order chi connectivity index (χ0) is 17.0. The molecule has 0 spiro atoms. The Balaban J connectivity index is 3.85. The largest absolute Gasteiger partial charge is 0.384 e. The Hall–Kier alpha value is -1.14. The Bertz CT molecular complexity index is 332. The van der Waals surface area contributed by atoms with E-state index in [0.717, 1.165) is 12.8 Å². The molecule has 0 aromatic carbocycles. The molecule has 2 amide bonds. The molecule has 22 heavy (non-hydrogen) atoms. The predicted molar refractivity (Wildman–Crippen MR) is 86.4 cm³/mol. The van der Waals surface area contributed by atoms with Gasteiger partial charge in [0.2, 0.25) is 11.8 Å². The van der Waals surface area contributed by atoms with Gasteiger partial charge in [-0.3, -0.25) is 9.59 Å². The number of aliphatic hydroxyl groups excluding tert-OH is 1. The van der Waals surface area contributed by atoms with Gasteiger partial charge < -0.3 is 20.5 Å². The minimum absolute atomic E-state index is 0.0811. The van der Waals surface area contributed by atoms with Gasteiger partial charge in [0.25, 0.3) is 0 Å². The van der Waals surface area contributed by atoms with Crippen molar-refractivity contribution in [2.24, 2.45) is 5.41 Å². The van der Waals surface area contributed by atoms with E-state index < -0.39 is 17.4 Å². The number of carbonyl (C=O) groups excluding carboxylic acids is 2. The lowest BCUT2D eigenvalue weighted by Gasteiger charge is -2.28. The average Bonchev–Trinajstić information content (AvgIpc) is 2.46. The second-order valence-electron chi connectivity index (χ2n) is 6.28. The second kappa shape index (κ2) is 11.4. The van der Waals surface area contributed by atoms with E-state index in [9.17, 15) is 14.7 Å². The first-order chi connectivity index (χ1) is 10.3. The van der Waals surface area contributed by atoms with Gasteiger partial charge in [0.15, 0.2) is 0 Å². The Kier molecular flexibility index (Phi) is 10.8. The van der Waals surface area contributed by atoms with Crippen LogP contribution in [0.1, 0.15) is 52.9 Å². The van der Waals surface area contributed by atoms with Crippen LogP contribution in [-0.2, 0) is 14.3 Å². The van der Waals surface area contributed by atoms with E-state index in [1.165, 1.54) is 20.0 Å². The smallest absolute Gasteiger partial charge is 0.249 e. The highest BCUT2D eigenvalue weighted by Crippen LogP contribution is 2.20. The van der Waals surface area contributed by atoms with Crippen molar-refractivity contribution < 1.29 is 19.4 Å². The molecule has 0 heterocycles. The maximum Gasteiger partial charge on any atom is 0.249 e. The van der Waals surface area contributed by atoms with E-state index in [2.05, 4.69) is 17.6 Å². The summed E-state index contributed by atoms with van der Waals surface area (Å²) in [6.45, 7) is 6.83. The van der Waals surface area contributed by atoms with Gasteiger partial charge in [-0.2, -0.15) is 0 Å². The van der Waals surface area contributed by atoms with Gasteiger partial charge in [0.05, 0.1) is 6.61 Å². The van der Waals surface area contributed by atoms with Gasteiger partial charge in [-0.25, -0.2) is 0 Å². The van der Waals surface area contributed by atoms with Crippen molar-refractivity contribution in [2.75, 3.05) is 26.8 Å². The molecule has 0 aliphatic heterocycles. The first-order valence-corrected chi connectivity index (χ1v) is 8.06. The zero-order valence-corrected chi connectivity index (χ0v) is 14.4. The van der Waals surface area contributed by atoms with Crippen molar-refractivity contribution in [3.8, 4) is 0 Å². The first kappa shape index (κ1) is 20.9. The number of methoxy groups -OCH3 is 1. The summed E-state index contributed by atoms with van der Waals surface area (Å²) in [6.07, 6.45) is 3.51. The van der Waals surface area contributed by atoms with E-state index in [1.54, 1.807) is 13.8 Å². The standard InChI is InChI=1S/C16H32N2O4/c1-5-6-7-8-10-17-13(19)9-11-18-15(21)14(20)16(2,3)12-22-4/h14,20H,5-12H2,1-4H3,(H,17,19)(H,18,21). The van der Waals surface area contributed by atoms with E-state index in [-0.39, 0.29) is 25.5 Å². The van der Waals surface area contributed by atoms with Crippen LogP contribution in [0, 0.1) is 5.41 Å². The molecule has 0 aromatic heterocycles. The molecular formula is C16H32N2O4. The van der Waals surface area contributed by atoms with Crippen molar-refractivity contribution >= 4 is 11.8 Å². The number of unbranched alkanes of at least 4 members (excludes halogenated alkanes) is 3. The van der Waals surface area contributed by atoms with Crippen molar-refractivity contribution in [1.29, 1.82) is 0 Å². The summed E-state index contributed by atoms with van der Waals surface area (Å²) in [6, 6.07) is 0. The Morgan fingerprint density at radius 2 is 1.82 bits per heavy atom. The summed E-state index contributed by atoms with van der Waals surface area (Å²) in [5, 5.41) is 15.4. The van der Waals surface area contributed by atoms with Crippen LogP contribution in [0.4, 0.5) is 0 Å². The maximum atomic E-state index is 11.8. The first-order valence-electron chi connectivity index (χ1n) is 8.06. The molecule has 0 radical (unpaired) electrons. The Morgan fingerprint density at radius 1 is 1.14 bits per heavy atom. The lowest BCUT2D eigenvalue weighted by Crippen LogP contribution is -2.46. The van der Waals surface area contributed by atoms with E-state index in [1.807, 2.05) is 0 Å². The highest BCUT2D eigenvalue weighted by atomic mass is 16.5. The normalized spacial score (nSPS) is 12.8. The summed E-state index contributed by atoms with van der Waals surface area (Å²) in [5.74, 6) is -0.555. The second-order valence-corrected chi connectivity index (χ2v) is 6.28. The maximum absolute atomic E-state index is 11.8. The van der Waals surface area contributed by atoms with Gasteiger partial charge in [-0.15, -0.1) is 0 Å². The van der Waals surface area contributed by atoms with Crippen molar-refractivity contribution in [1.82, 2.24) is 10.6 Å². The molecule has 0 bridgehead atoms. The van der Waals surface area contributed by atoms with Crippen LogP contribution in [0.5, 0.6) is 0 Å². The molecular weight excluding hydrogens is 284 g/mol. The van der Waals surface area contributed by atoms with Crippen molar-refractivity contribution in [3.05, 3.63) is 0 Å². The van der Waals surface area contributed by atoms with E-state index >= 15 is 0 Å². The summed E-state index contributed by atoms with van der Waals surface area (Å²) < 4.78 is 4.99. The van der Waals surface area contributed by atoms with Crippen molar-refractivity contribution in [2.45, 2.75) is 59.0 Å². The number of carbonyl (C=O) groups is 2. The van der Waals surface area contributed by atoms with Crippen LogP contribution in [0.15, 0.2) is 0 Å². The third-order valence-electron chi connectivity index (χ3n) is 3.51. The van der Waals surface area contributed by atoms with Crippen molar-refractivity contribution in [3.63, 3.8) is 0 Å². The number of hydrogen-bond acceptors (Lipinski definition) is 4. The molecule has 0 saturated carbocycles. The number of aliphatic hydroxyl groups is 1. The number of rotatable bonds is 12. The third kappa shape index (κ3) is 9.00. The quantitative estimate of drug-likeness (QED) is 0.472. The van der Waals surface area contributed by atoms with Crippen LogP contribution in [-0.4, -0.2) is 49.8 Å². The van der Waals surface area contributed by atoms with Gasteiger partial charge in [0, 0.05) is 32.0 Å². The minimum atomic E-state index is -1.16. The van der Waals surface area contributed by atoms with Crippen LogP contribution in [0.3, 0.4) is 0 Å². The van der Waals surface area contributed by atoms with E-state index in [0.29, 0.717) is 6.54 Å². The molecule has 6 nitrogen and oxygen atoms in total. The number of amides is 2. The molecule has 0 fully saturated rings. The average molecular weight is 316 g/mol. The Morgan fingerprint density at radius 3 is 2.41 bits per heavy atom. The third-order valence-corrected chi connectivity index (χ3v) is 3.51. The molecule has 0 aliphatic carbocycles. The molecule has 1 unspecified atom stereocenters. The van der Waals surface area contributed by atoms with Gasteiger partial charge >= 0.3 is 0 Å². The number of nitrogens with one attached hydrogen (secondary N) is 2. The van der Waals surface area contributed by atoms with Crippen LogP contribution < -0.4 is 10.6 Å². The van der Waals surface area contributed by atoms with Crippen LogP contribution >= 0.6 is 0 Å². The van der Waals surface area contributed by atoms with E-state index in [4.69, 9.17) is 4.74 Å². The molecule has 3 N–H and O–H groups in total. The molecule has 0 aromatic rings. The highest BCUT2D eigenvalue weighted by molar-refractivity contribution is 5.82. The molecule has 1 atom stereocenters. The molecule has 0 saturated heterocycles. The molecule has 130 valence electrons. The Labute approximate surface area is 134 Å². The minimum Gasteiger partial charge on any atom is -0.384 e. The molecule has 0 rings (SSSR count). The SMILES string of the molecule is CCCCCCNC(=O)CCNC(=O)C(O)C(C)(C)COC. The fourth-order valence-electron chi connectivity index (χ4n) is 2.07. The lowest BCUT2D eigenvalue weighted by molar-refractivity contribution is -0.137. The topological polar surface area (TPSA) is 87.7 Å². The lowest BCUT2D eigenvalue weighted by atomic mass is 9.87. The zero-order valence-electron chi connectivity index (χ0n) is 14.4. The summed E-state index contributed by atoms with van der Waals surface area (Å²) in [5.41, 5.74) is -0.666. The molecule has 0 aliphatic rings. The fraction of sp³-hybridized carbons (Fsp3) is 0.875. The van der Waals surface area contributed by atoms with Gasteiger partial charge in [-0.1, -0.05) is 40.0 Å². The summed E-state index contributed by atoms with van der Waals surface area (Å²) in [7, 11) is 1.53. The summed E-state index contributed by atoms with van der Waals surface area (Å²) >= 11 is 0. The number of ether oxygens (including phenoxy) is 1. The fourth-order valence-corrected chi connectivity index (χ4v) is 2.07. The van der Waals surface area contributed by atoms with Crippen LogP contribution in [0.25, 0.3) is 0 Å². The van der Waals surface area contributed by atoms with Crippen LogP contribution in [0.2, 0.25) is 0 Å².